The molecule has 2 aromatic carbocycles. The molecule has 0 bridgehead atoms. The molecule has 0 atom stereocenters. The average Bonchev–Trinajstić information content (AvgIpc) is 2.65. The van der Waals surface area contributed by atoms with E-state index in [2.05, 4.69) is 20.8 Å². The molecule has 0 saturated heterocycles. The third-order valence-electron chi connectivity index (χ3n) is 4.53. The Hall–Kier alpha value is -3.09. The molecule has 0 spiro atoms. The highest BCUT2D eigenvalue weighted by Gasteiger charge is 2.19. The molecule has 0 amide bonds. The van der Waals surface area contributed by atoms with Crippen molar-refractivity contribution in [2.75, 3.05) is 13.2 Å². The molecule has 0 aliphatic heterocycles. The normalized spacial score (nSPS) is 11.1. The summed E-state index contributed by atoms with van der Waals surface area (Å²) in [5.41, 5.74) is 0.770. The van der Waals surface area contributed by atoms with E-state index >= 15 is 0 Å². The zero-order valence-electron chi connectivity index (χ0n) is 15.6. The van der Waals surface area contributed by atoms with Crippen LogP contribution in [0, 0.1) is 10.1 Å². The second-order valence-corrected chi connectivity index (χ2v) is 6.70. The van der Waals surface area contributed by atoms with Crippen LogP contribution in [-0.4, -0.2) is 29.2 Å². The van der Waals surface area contributed by atoms with Gasteiger partial charge >= 0.3 is 11.7 Å². The Bertz CT molecular complexity index is 814. The molecule has 0 saturated carbocycles. The van der Waals surface area contributed by atoms with E-state index in [0.717, 1.165) is 12.5 Å². The van der Waals surface area contributed by atoms with Crippen molar-refractivity contribution in [3.8, 4) is 11.5 Å². The minimum atomic E-state index is -1.23. The molecule has 0 fully saturated rings. The lowest BCUT2D eigenvalue weighted by atomic mass is 9.82. The van der Waals surface area contributed by atoms with Crippen molar-refractivity contribution < 1.29 is 24.3 Å². The zero-order valence-corrected chi connectivity index (χ0v) is 15.6. The Morgan fingerprint density at radius 2 is 1.74 bits per heavy atom. The Balaban J connectivity index is 1.93. The Morgan fingerprint density at radius 3 is 2.30 bits per heavy atom. The van der Waals surface area contributed by atoms with E-state index in [0.29, 0.717) is 5.75 Å². The summed E-state index contributed by atoms with van der Waals surface area (Å²) in [6.07, 6.45) is 1.03. The van der Waals surface area contributed by atoms with E-state index in [4.69, 9.17) is 14.6 Å². The fourth-order valence-corrected chi connectivity index (χ4v) is 2.43. The second kappa shape index (κ2) is 8.53. The van der Waals surface area contributed by atoms with E-state index in [1.165, 1.54) is 17.7 Å². The standard InChI is InChI=1S/C20H23NO6/c1-4-20(2,3)15-6-8-16(9-7-15)26-11-12-27-18-10-5-14(19(22)23)13-17(18)21(24)25/h5-10,13H,4,11-12H2,1-3H3,(H,22,23). The number of benzene rings is 2. The molecule has 27 heavy (non-hydrogen) atoms. The van der Waals surface area contributed by atoms with Crippen LogP contribution in [0.3, 0.4) is 0 Å². The van der Waals surface area contributed by atoms with Gasteiger partial charge in [0.1, 0.15) is 19.0 Å². The van der Waals surface area contributed by atoms with E-state index in [9.17, 15) is 14.9 Å². The molecule has 0 aliphatic carbocycles. The number of aromatic carboxylic acids is 1. The van der Waals surface area contributed by atoms with E-state index in [1.54, 1.807) is 0 Å². The van der Waals surface area contributed by atoms with Crippen molar-refractivity contribution in [2.24, 2.45) is 0 Å². The van der Waals surface area contributed by atoms with Crippen molar-refractivity contribution in [2.45, 2.75) is 32.6 Å². The number of carboxylic acid groups (broad SMARTS) is 1. The van der Waals surface area contributed by atoms with Gasteiger partial charge in [-0.15, -0.1) is 0 Å². The quantitative estimate of drug-likeness (QED) is 0.396. The van der Waals surface area contributed by atoms with Crippen LogP contribution in [-0.2, 0) is 5.41 Å². The molecule has 2 aromatic rings. The number of carbonyl (C=O) groups is 1. The maximum absolute atomic E-state index is 11.1. The number of nitro benzene ring substituents is 1. The molecule has 2 rings (SSSR count). The predicted octanol–water partition coefficient (Wildman–Crippen LogP) is 4.44. The van der Waals surface area contributed by atoms with Crippen LogP contribution in [0.2, 0.25) is 0 Å². The largest absolute Gasteiger partial charge is 0.490 e. The third-order valence-corrected chi connectivity index (χ3v) is 4.53. The average molecular weight is 373 g/mol. The topological polar surface area (TPSA) is 98.9 Å². The summed E-state index contributed by atoms with van der Waals surface area (Å²) in [5.74, 6) is -0.540. The van der Waals surface area contributed by atoms with Gasteiger partial charge in [0.25, 0.3) is 0 Å². The van der Waals surface area contributed by atoms with Gasteiger partial charge in [-0.3, -0.25) is 10.1 Å². The lowest BCUT2D eigenvalue weighted by molar-refractivity contribution is -0.385. The van der Waals surface area contributed by atoms with Gasteiger partial charge in [-0.2, -0.15) is 0 Å². The molecule has 0 radical (unpaired) electrons. The third kappa shape index (κ3) is 5.20. The van der Waals surface area contributed by atoms with Crippen LogP contribution in [0.25, 0.3) is 0 Å². The fourth-order valence-electron chi connectivity index (χ4n) is 2.43. The van der Waals surface area contributed by atoms with Crippen molar-refractivity contribution >= 4 is 11.7 Å². The van der Waals surface area contributed by atoms with Crippen LogP contribution in [0.5, 0.6) is 11.5 Å². The number of carboxylic acids is 1. The lowest BCUT2D eigenvalue weighted by Gasteiger charge is -2.23. The molecule has 1 N–H and O–H groups in total. The van der Waals surface area contributed by atoms with Crippen molar-refractivity contribution in [1.82, 2.24) is 0 Å². The number of nitrogens with zero attached hydrogens (tertiary/aromatic N) is 1. The minimum Gasteiger partial charge on any atom is -0.490 e. The van der Waals surface area contributed by atoms with Crippen molar-refractivity contribution in [3.63, 3.8) is 0 Å². The van der Waals surface area contributed by atoms with Gasteiger partial charge in [-0.05, 0) is 41.7 Å². The van der Waals surface area contributed by atoms with Gasteiger partial charge in [0.15, 0.2) is 5.75 Å². The minimum absolute atomic E-state index is 0.00800. The summed E-state index contributed by atoms with van der Waals surface area (Å²) in [6.45, 7) is 6.80. The van der Waals surface area contributed by atoms with E-state index < -0.39 is 10.9 Å². The number of hydrogen-bond donors (Lipinski definition) is 1. The maximum atomic E-state index is 11.1. The van der Waals surface area contributed by atoms with Crippen LogP contribution in [0.4, 0.5) is 5.69 Å². The van der Waals surface area contributed by atoms with Crippen LogP contribution < -0.4 is 9.47 Å². The molecule has 0 aromatic heterocycles. The predicted molar refractivity (Wildman–Crippen MR) is 101 cm³/mol. The summed E-state index contributed by atoms with van der Waals surface area (Å²) in [7, 11) is 0. The first kappa shape index (κ1) is 20.2. The zero-order chi connectivity index (χ0) is 20.0. The summed E-state index contributed by atoms with van der Waals surface area (Å²) in [5, 5.41) is 20.0. The molecule has 0 unspecified atom stereocenters. The molecule has 144 valence electrons. The highest BCUT2D eigenvalue weighted by atomic mass is 16.6. The summed E-state index contributed by atoms with van der Waals surface area (Å²) in [6, 6.07) is 11.3. The molecular formula is C20H23NO6. The van der Waals surface area contributed by atoms with Gasteiger partial charge in [-0.25, -0.2) is 4.79 Å². The van der Waals surface area contributed by atoms with Gasteiger partial charge in [0.05, 0.1) is 10.5 Å². The van der Waals surface area contributed by atoms with Gasteiger partial charge in [0.2, 0.25) is 0 Å². The molecule has 0 heterocycles. The Morgan fingerprint density at radius 1 is 1.11 bits per heavy atom. The van der Waals surface area contributed by atoms with Crippen LogP contribution in [0.1, 0.15) is 43.1 Å². The van der Waals surface area contributed by atoms with Crippen LogP contribution >= 0.6 is 0 Å². The van der Waals surface area contributed by atoms with Crippen molar-refractivity contribution in [1.29, 1.82) is 0 Å². The van der Waals surface area contributed by atoms with Crippen molar-refractivity contribution in [3.05, 3.63) is 63.7 Å². The number of nitro groups is 1. The first-order chi connectivity index (χ1) is 12.7. The smallest absolute Gasteiger partial charge is 0.335 e. The molecule has 7 nitrogen and oxygen atoms in total. The monoisotopic (exact) mass is 373 g/mol. The summed E-state index contributed by atoms with van der Waals surface area (Å²) in [4.78, 5) is 21.3. The summed E-state index contributed by atoms with van der Waals surface area (Å²) < 4.78 is 11.0. The summed E-state index contributed by atoms with van der Waals surface area (Å²) >= 11 is 0. The van der Waals surface area contributed by atoms with Crippen LogP contribution in [0.15, 0.2) is 42.5 Å². The highest BCUT2D eigenvalue weighted by molar-refractivity contribution is 5.88. The van der Waals surface area contributed by atoms with Gasteiger partial charge in [0, 0.05) is 6.07 Å². The number of rotatable bonds is 9. The molecule has 7 heteroatoms. The van der Waals surface area contributed by atoms with E-state index in [1.807, 2.05) is 24.3 Å². The Kier molecular flexibility index (Phi) is 6.39. The molecular weight excluding hydrogens is 350 g/mol. The van der Waals surface area contributed by atoms with Gasteiger partial charge < -0.3 is 14.6 Å². The first-order valence-electron chi connectivity index (χ1n) is 8.62. The lowest BCUT2D eigenvalue weighted by Crippen LogP contribution is -2.15. The molecule has 0 aliphatic rings. The first-order valence-corrected chi connectivity index (χ1v) is 8.62. The second-order valence-electron chi connectivity index (χ2n) is 6.70. The van der Waals surface area contributed by atoms with Gasteiger partial charge in [-0.1, -0.05) is 32.9 Å². The fraction of sp³-hybridized carbons (Fsp3) is 0.350. The SMILES string of the molecule is CCC(C)(C)c1ccc(OCCOc2ccc(C(=O)O)cc2[N+](=O)[O-])cc1. The highest BCUT2D eigenvalue weighted by Crippen LogP contribution is 2.29. The maximum Gasteiger partial charge on any atom is 0.335 e. The number of hydrogen-bond acceptors (Lipinski definition) is 5. The van der Waals surface area contributed by atoms with E-state index in [-0.39, 0.29) is 35.6 Å². The Labute approximate surface area is 157 Å². The number of ether oxygens (including phenoxy) is 2.